The Hall–Kier alpha value is -4.59. The molecule has 0 aliphatic heterocycles. The van der Waals surface area contributed by atoms with Crippen LogP contribution in [0.15, 0.2) is 97.1 Å². The lowest BCUT2D eigenvalue weighted by atomic mass is 9.90. The molecule has 0 aromatic heterocycles. The minimum absolute atomic E-state index is 0.201. The molecule has 0 fully saturated rings. The van der Waals surface area contributed by atoms with Crippen LogP contribution in [-0.4, -0.2) is 29.4 Å². The number of carbonyl (C=O) groups is 2. The maximum atomic E-state index is 14.2. The summed E-state index contributed by atoms with van der Waals surface area (Å²) in [7, 11) is 0. The molecule has 2 N–H and O–H groups in total. The van der Waals surface area contributed by atoms with Crippen LogP contribution >= 0.6 is 0 Å². The molecule has 4 aromatic carbocycles. The third-order valence-corrected chi connectivity index (χ3v) is 7.84. The summed E-state index contributed by atoms with van der Waals surface area (Å²) in [5, 5.41) is 5.90. The van der Waals surface area contributed by atoms with Gasteiger partial charge in [0.1, 0.15) is 0 Å². The number of hydrogen-bond acceptors (Lipinski definition) is 2. The van der Waals surface area contributed by atoms with Crippen molar-refractivity contribution < 1.29 is 22.8 Å². The van der Waals surface area contributed by atoms with E-state index in [0.29, 0.717) is 36.2 Å². The Bertz CT molecular complexity index is 1590. The summed E-state index contributed by atoms with van der Waals surface area (Å²) in [6, 6.07) is 28.1. The van der Waals surface area contributed by atoms with Gasteiger partial charge in [-0.15, -0.1) is 0 Å². The molecule has 0 bridgehead atoms. The molecule has 0 heterocycles. The van der Waals surface area contributed by atoms with Crippen molar-refractivity contribution in [2.45, 2.75) is 65.3 Å². The van der Waals surface area contributed by atoms with Gasteiger partial charge in [0.25, 0.3) is 0 Å². The number of aryl methyl sites for hydroxylation is 1. The largest absolute Gasteiger partial charge is 0.416 e. The van der Waals surface area contributed by atoms with Crippen molar-refractivity contribution in [2.75, 3.05) is 6.54 Å². The van der Waals surface area contributed by atoms with E-state index in [1.54, 1.807) is 24.0 Å². The molecule has 0 saturated heterocycles. The second-order valence-corrected chi connectivity index (χ2v) is 11.5. The number of halogens is 3. The van der Waals surface area contributed by atoms with E-state index in [1.165, 1.54) is 0 Å². The molecule has 4 aromatic rings. The monoisotopic (exact) mass is 615 g/mol. The number of hydrogen-bond donors (Lipinski definition) is 2. The van der Waals surface area contributed by atoms with Gasteiger partial charge in [-0.1, -0.05) is 90.5 Å². The minimum atomic E-state index is -4.61. The van der Waals surface area contributed by atoms with Crippen LogP contribution in [0.3, 0.4) is 0 Å². The number of nitrogens with zero attached hydrogens (tertiary/aromatic N) is 1. The zero-order valence-electron chi connectivity index (χ0n) is 26.1. The predicted octanol–water partition coefficient (Wildman–Crippen LogP) is 8.26. The van der Waals surface area contributed by atoms with E-state index in [4.69, 9.17) is 0 Å². The molecule has 2 atom stereocenters. The summed E-state index contributed by atoms with van der Waals surface area (Å²) in [6.45, 7) is 8.22. The molecule has 0 aliphatic rings. The average Bonchev–Trinajstić information content (AvgIpc) is 3.02. The third-order valence-electron chi connectivity index (χ3n) is 7.84. The maximum Gasteiger partial charge on any atom is 0.416 e. The van der Waals surface area contributed by atoms with Crippen LogP contribution in [-0.2, 0) is 30.5 Å². The standard InChI is InChI=1S/C37H40F3N3O2/c1-5-43(36(45)41-23-29-14-10-7-11-15-29)24-32-18-25(2)16-17-34(32)31-20-30(21-33(22-31)37(38,39)40)27(4)35(44)42-26(3)19-28-12-8-6-9-13-28/h6-18,20-22,26-27H,5,19,23-24H2,1-4H3,(H,41,45)(H,42,44)/t26-,27-/m1/s1. The van der Waals surface area contributed by atoms with Gasteiger partial charge in [0.2, 0.25) is 5.91 Å². The summed E-state index contributed by atoms with van der Waals surface area (Å²) < 4.78 is 42.5. The zero-order valence-corrected chi connectivity index (χ0v) is 26.1. The Balaban J connectivity index is 1.60. The highest BCUT2D eigenvalue weighted by molar-refractivity contribution is 5.84. The molecular formula is C37H40F3N3O2. The van der Waals surface area contributed by atoms with Gasteiger partial charge in [0.05, 0.1) is 11.5 Å². The highest BCUT2D eigenvalue weighted by Crippen LogP contribution is 2.37. The first kappa shape index (κ1) is 33.3. The zero-order chi connectivity index (χ0) is 32.6. The third kappa shape index (κ3) is 9.20. The average molecular weight is 616 g/mol. The molecule has 3 amide bonds. The fraction of sp³-hybridized carbons (Fsp3) is 0.297. The first-order valence-corrected chi connectivity index (χ1v) is 15.2. The fourth-order valence-electron chi connectivity index (χ4n) is 5.31. The predicted molar refractivity (Wildman–Crippen MR) is 173 cm³/mol. The molecule has 45 heavy (non-hydrogen) atoms. The van der Waals surface area contributed by atoms with Crippen molar-refractivity contribution in [3.05, 3.63) is 130 Å². The molecule has 8 heteroatoms. The van der Waals surface area contributed by atoms with Crippen LogP contribution in [0, 0.1) is 6.92 Å². The van der Waals surface area contributed by atoms with Crippen LogP contribution in [0.5, 0.6) is 0 Å². The van der Waals surface area contributed by atoms with Gasteiger partial charge in [-0.3, -0.25) is 4.79 Å². The van der Waals surface area contributed by atoms with E-state index >= 15 is 0 Å². The number of urea groups is 1. The lowest BCUT2D eigenvalue weighted by molar-refractivity contribution is -0.137. The Kier molecular flexibility index (Phi) is 11.0. The summed E-state index contributed by atoms with van der Waals surface area (Å²) >= 11 is 0. The normalized spacial score (nSPS) is 12.7. The van der Waals surface area contributed by atoms with Gasteiger partial charge < -0.3 is 15.5 Å². The van der Waals surface area contributed by atoms with Crippen LogP contribution in [0.2, 0.25) is 0 Å². The molecule has 0 radical (unpaired) electrons. The summed E-state index contributed by atoms with van der Waals surface area (Å²) in [5.74, 6) is -1.17. The Morgan fingerprint density at radius 3 is 2.11 bits per heavy atom. The van der Waals surface area contributed by atoms with Crippen molar-refractivity contribution in [3.63, 3.8) is 0 Å². The molecule has 5 nitrogen and oxygen atoms in total. The minimum Gasteiger partial charge on any atom is -0.353 e. The number of amides is 3. The number of benzene rings is 4. The second-order valence-electron chi connectivity index (χ2n) is 11.5. The van der Waals surface area contributed by atoms with Gasteiger partial charge in [-0.05, 0) is 79.6 Å². The second kappa shape index (κ2) is 14.9. The summed E-state index contributed by atoms with van der Waals surface area (Å²) in [6.07, 6.45) is -4.01. The molecule has 0 spiro atoms. The maximum absolute atomic E-state index is 14.2. The molecule has 236 valence electrons. The van der Waals surface area contributed by atoms with Crippen molar-refractivity contribution in [2.24, 2.45) is 0 Å². The molecule has 0 aliphatic carbocycles. The van der Waals surface area contributed by atoms with E-state index < -0.39 is 17.7 Å². The van der Waals surface area contributed by atoms with Crippen molar-refractivity contribution >= 4 is 11.9 Å². The Morgan fingerprint density at radius 1 is 0.844 bits per heavy atom. The SMILES string of the molecule is CCN(Cc1cc(C)ccc1-c1cc([C@@H](C)C(=O)N[C@H](C)Cc2ccccc2)cc(C(F)(F)F)c1)C(=O)NCc1ccccc1. The van der Waals surface area contributed by atoms with Gasteiger partial charge in [0.15, 0.2) is 0 Å². The van der Waals surface area contributed by atoms with E-state index in [-0.39, 0.29) is 30.1 Å². The van der Waals surface area contributed by atoms with Gasteiger partial charge >= 0.3 is 12.2 Å². The van der Waals surface area contributed by atoms with Crippen molar-refractivity contribution in [1.29, 1.82) is 0 Å². The summed E-state index contributed by atoms with van der Waals surface area (Å²) in [4.78, 5) is 28.0. The number of rotatable bonds is 11. The first-order valence-electron chi connectivity index (χ1n) is 15.2. The molecule has 4 rings (SSSR count). The Labute approximate surface area is 263 Å². The molecule has 0 unspecified atom stereocenters. The summed E-state index contributed by atoms with van der Waals surface area (Å²) in [5.41, 5.74) is 4.01. The quantitative estimate of drug-likeness (QED) is 0.178. The number of alkyl halides is 3. The smallest absolute Gasteiger partial charge is 0.353 e. The van der Waals surface area contributed by atoms with E-state index in [2.05, 4.69) is 10.6 Å². The number of nitrogens with one attached hydrogen (secondary N) is 2. The highest BCUT2D eigenvalue weighted by Gasteiger charge is 2.33. The van der Waals surface area contributed by atoms with Crippen molar-refractivity contribution in [1.82, 2.24) is 15.5 Å². The van der Waals surface area contributed by atoms with E-state index in [9.17, 15) is 22.8 Å². The van der Waals surface area contributed by atoms with Crippen LogP contribution in [0.4, 0.5) is 18.0 Å². The van der Waals surface area contributed by atoms with Gasteiger partial charge in [-0.2, -0.15) is 13.2 Å². The van der Waals surface area contributed by atoms with E-state index in [0.717, 1.165) is 28.8 Å². The fourth-order valence-corrected chi connectivity index (χ4v) is 5.31. The van der Waals surface area contributed by atoms with Gasteiger partial charge in [-0.25, -0.2) is 4.79 Å². The van der Waals surface area contributed by atoms with Crippen LogP contribution < -0.4 is 10.6 Å². The lowest BCUT2D eigenvalue weighted by Gasteiger charge is -2.24. The highest BCUT2D eigenvalue weighted by atomic mass is 19.4. The Morgan fingerprint density at radius 2 is 1.49 bits per heavy atom. The van der Waals surface area contributed by atoms with Gasteiger partial charge in [0, 0.05) is 25.7 Å². The molecule has 0 saturated carbocycles. The number of carbonyl (C=O) groups excluding carboxylic acids is 2. The van der Waals surface area contributed by atoms with Crippen LogP contribution in [0.1, 0.15) is 60.1 Å². The van der Waals surface area contributed by atoms with E-state index in [1.807, 2.05) is 93.6 Å². The van der Waals surface area contributed by atoms with Crippen molar-refractivity contribution in [3.8, 4) is 11.1 Å². The topological polar surface area (TPSA) is 61.4 Å². The van der Waals surface area contributed by atoms with Crippen LogP contribution in [0.25, 0.3) is 11.1 Å². The lowest BCUT2D eigenvalue weighted by Crippen LogP contribution is -2.39. The first-order chi connectivity index (χ1) is 21.4. The molecular weight excluding hydrogens is 575 g/mol.